The monoisotopic (exact) mass is 403 g/mol. The van der Waals surface area contributed by atoms with Crippen molar-refractivity contribution < 1.29 is 9.90 Å². The highest BCUT2D eigenvalue weighted by molar-refractivity contribution is 14.1. The van der Waals surface area contributed by atoms with Gasteiger partial charge in [0.25, 0.3) is 0 Å². The van der Waals surface area contributed by atoms with E-state index >= 15 is 0 Å². The average Bonchev–Trinajstić information content (AvgIpc) is 2.74. The number of carbonyl (C=O) groups is 1. The molecule has 1 heterocycles. The lowest BCUT2D eigenvalue weighted by molar-refractivity contribution is 0.0681. The second-order valence-electron chi connectivity index (χ2n) is 4.33. The molecular weight excluding hydrogens is 389 g/mol. The number of carboxylic acids is 1. The maximum Gasteiger partial charge on any atom is 0.352 e. The zero-order valence-electron chi connectivity index (χ0n) is 11.3. The fourth-order valence-corrected chi connectivity index (χ4v) is 2.60. The zero-order valence-corrected chi connectivity index (χ0v) is 13.5. The van der Waals surface area contributed by atoms with Crippen LogP contribution in [-0.4, -0.2) is 28.7 Å². The van der Waals surface area contributed by atoms with E-state index in [1.807, 2.05) is 0 Å². The van der Waals surface area contributed by atoms with Crippen LogP contribution in [0.1, 0.15) is 34.9 Å². The van der Waals surface area contributed by atoms with Crippen LogP contribution in [-0.2, 0) is 0 Å². The van der Waals surface area contributed by atoms with E-state index in [-0.39, 0.29) is 18.3 Å². The molecule has 9 nitrogen and oxygen atoms in total. The van der Waals surface area contributed by atoms with Gasteiger partial charge in [0.05, 0.1) is 0 Å². The van der Waals surface area contributed by atoms with Crippen molar-refractivity contribution in [2.45, 2.75) is 25.8 Å². The molecule has 21 heavy (non-hydrogen) atoms. The Bertz CT molecular complexity index is 614. The number of nitrogens with zero attached hydrogens (tertiary/aromatic N) is 7. The van der Waals surface area contributed by atoms with Crippen LogP contribution in [0.3, 0.4) is 0 Å². The van der Waals surface area contributed by atoms with Crippen LogP contribution >= 0.6 is 22.6 Å². The first kappa shape index (κ1) is 17.2. The fourth-order valence-electron chi connectivity index (χ4n) is 2.04. The highest BCUT2D eigenvalue weighted by Gasteiger charge is 2.22. The minimum Gasteiger partial charge on any atom is -0.477 e. The minimum atomic E-state index is -1.02. The van der Waals surface area contributed by atoms with E-state index in [9.17, 15) is 9.90 Å². The van der Waals surface area contributed by atoms with E-state index in [0.717, 1.165) is 3.57 Å². The predicted molar refractivity (Wildman–Crippen MR) is 85.1 cm³/mol. The van der Waals surface area contributed by atoms with Gasteiger partial charge in [-0.15, -0.1) is 0 Å². The van der Waals surface area contributed by atoms with Gasteiger partial charge in [0.1, 0.15) is 5.69 Å². The van der Waals surface area contributed by atoms with Gasteiger partial charge in [0.15, 0.2) is 0 Å². The maximum atomic E-state index is 11.4. The van der Waals surface area contributed by atoms with Gasteiger partial charge >= 0.3 is 5.97 Å². The van der Waals surface area contributed by atoms with Crippen LogP contribution in [0.5, 0.6) is 0 Å². The van der Waals surface area contributed by atoms with Crippen molar-refractivity contribution in [3.63, 3.8) is 0 Å². The SMILES string of the molecule is Cc1c(I)cn([C@@H](CCCN=[N+]=[N-])CN=[N+]=[N-])c1C(=O)O. The maximum absolute atomic E-state index is 11.4. The van der Waals surface area contributed by atoms with Gasteiger partial charge in [-0.3, -0.25) is 0 Å². The van der Waals surface area contributed by atoms with Gasteiger partial charge in [-0.1, -0.05) is 10.2 Å². The minimum absolute atomic E-state index is 0.150. The highest BCUT2D eigenvalue weighted by Crippen LogP contribution is 2.25. The molecule has 0 aromatic carbocycles. The van der Waals surface area contributed by atoms with E-state index in [0.29, 0.717) is 24.9 Å². The van der Waals surface area contributed by atoms with Crippen molar-refractivity contribution >= 4 is 28.6 Å². The van der Waals surface area contributed by atoms with Gasteiger partial charge in [-0.25, -0.2) is 4.79 Å². The Balaban J connectivity index is 3.07. The Morgan fingerprint density at radius 3 is 2.71 bits per heavy atom. The lowest BCUT2D eigenvalue weighted by Crippen LogP contribution is -2.18. The zero-order chi connectivity index (χ0) is 15.8. The van der Waals surface area contributed by atoms with Crippen molar-refractivity contribution in [3.8, 4) is 0 Å². The summed E-state index contributed by atoms with van der Waals surface area (Å²) < 4.78 is 2.47. The van der Waals surface area contributed by atoms with Gasteiger partial charge in [-0.2, -0.15) is 0 Å². The third-order valence-corrected chi connectivity index (χ3v) is 4.12. The van der Waals surface area contributed by atoms with Crippen LogP contribution < -0.4 is 0 Å². The molecule has 0 aliphatic carbocycles. The van der Waals surface area contributed by atoms with Crippen LogP contribution in [0.25, 0.3) is 20.9 Å². The largest absolute Gasteiger partial charge is 0.477 e. The first-order valence-corrected chi connectivity index (χ1v) is 7.22. The quantitative estimate of drug-likeness (QED) is 0.230. The number of halogens is 1. The standard InChI is InChI=1S/C11H14IN7O2/c1-7-9(12)6-19(10(7)11(20)21)8(5-16-18-14)3-2-4-15-17-13/h6,8H,2-5H2,1H3,(H,20,21)/t8-/m0/s1. The number of carboxylic acid groups (broad SMARTS) is 1. The Hall–Kier alpha value is -1.90. The molecule has 0 spiro atoms. The molecule has 10 heteroatoms. The number of hydrogen-bond acceptors (Lipinski definition) is 3. The number of aromatic carboxylic acids is 1. The molecule has 1 rings (SSSR count). The summed E-state index contributed by atoms with van der Waals surface area (Å²) in [7, 11) is 0. The van der Waals surface area contributed by atoms with Crippen molar-refractivity contribution in [2.24, 2.45) is 10.2 Å². The Morgan fingerprint density at radius 1 is 1.48 bits per heavy atom. The molecule has 1 aromatic heterocycles. The van der Waals surface area contributed by atoms with Crippen molar-refractivity contribution in [1.82, 2.24) is 4.57 Å². The van der Waals surface area contributed by atoms with E-state index < -0.39 is 5.97 Å². The molecule has 0 radical (unpaired) electrons. The Morgan fingerprint density at radius 2 is 2.14 bits per heavy atom. The third-order valence-electron chi connectivity index (χ3n) is 3.03. The van der Waals surface area contributed by atoms with Gasteiger partial charge in [0.2, 0.25) is 0 Å². The lowest BCUT2D eigenvalue weighted by atomic mass is 10.1. The second-order valence-corrected chi connectivity index (χ2v) is 5.49. The Labute approximate surface area is 134 Å². The summed E-state index contributed by atoms with van der Waals surface area (Å²) >= 11 is 2.07. The van der Waals surface area contributed by atoms with Crippen LogP contribution in [0, 0.1) is 10.5 Å². The first-order valence-electron chi connectivity index (χ1n) is 6.14. The second kappa shape index (κ2) is 8.40. The summed E-state index contributed by atoms with van der Waals surface area (Å²) in [6, 6.07) is -0.275. The fraction of sp³-hybridized carbons (Fsp3) is 0.545. The van der Waals surface area contributed by atoms with E-state index in [1.54, 1.807) is 17.7 Å². The average molecular weight is 403 g/mol. The normalized spacial score (nSPS) is 11.3. The summed E-state index contributed by atoms with van der Waals surface area (Å²) in [6.07, 6.45) is 2.88. The van der Waals surface area contributed by atoms with Gasteiger partial charge < -0.3 is 9.67 Å². The van der Waals surface area contributed by atoms with Gasteiger partial charge in [-0.05, 0) is 59.0 Å². The number of rotatable bonds is 8. The summed E-state index contributed by atoms with van der Waals surface area (Å²) in [5.74, 6) is -1.02. The highest BCUT2D eigenvalue weighted by atomic mass is 127. The smallest absolute Gasteiger partial charge is 0.352 e. The molecule has 0 bridgehead atoms. The Kier molecular flexibility index (Phi) is 6.86. The molecule has 0 amide bonds. The summed E-state index contributed by atoms with van der Waals surface area (Å²) in [5.41, 5.74) is 17.6. The van der Waals surface area contributed by atoms with E-state index in [4.69, 9.17) is 11.1 Å². The number of azide groups is 2. The van der Waals surface area contributed by atoms with E-state index in [1.165, 1.54) is 0 Å². The predicted octanol–water partition coefficient (Wildman–Crippen LogP) is 4.04. The third kappa shape index (κ3) is 4.55. The van der Waals surface area contributed by atoms with Crippen LogP contribution in [0.2, 0.25) is 0 Å². The number of hydrogen-bond donors (Lipinski definition) is 1. The molecule has 1 aromatic rings. The molecule has 0 aliphatic rings. The molecule has 0 saturated carbocycles. The van der Waals surface area contributed by atoms with Crippen molar-refractivity contribution in [2.75, 3.05) is 13.1 Å². The summed E-state index contributed by atoms with van der Waals surface area (Å²) in [6.45, 7) is 2.21. The molecule has 0 aliphatic heterocycles. The van der Waals surface area contributed by atoms with E-state index in [2.05, 4.69) is 42.6 Å². The molecule has 112 valence electrons. The van der Waals surface area contributed by atoms with Gasteiger partial charge in [0, 0.05) is 38.7 Å². The molecule has 1 N–H and O–H groups in total. The summed E-state index contributed by atoms with van der Waals surface area (Å²) in [5, 5.41) is 16.3. The van der Waals surface area contributed by atoms with Crippen molar-refractivity contribution in [3.05, 3.63) is 41.9 Å². The van der Waals surface area contributed by atoms with Crippen LogP contribution in [0.4, 0.5) is 0 Å². The first-order chi connectivity index (χ1) is 10.0. The molecular formula is C11H14IN7O2. The number of aromatic nitrogens is 1. The lowest BCUT2D eigenvalue weighted by Gasteiger charge is -2.18. The molecule has 0 saturated heterocycles. The van der Waals surface area contributed by atoms with Crippen molar-refractivity contribution in [1.29, 1.82) is 0 Å². The van der Waals surface area contributed by atoms with Crippen LogP contribution in [0.15, 0.2) is 16.4 Å². The summed E-state index contributed by atoms with van der Waals surface area (Å²) in [4.78, 5) is 16.8. The molecule has 0 unspecified atom stereocenters. The topological polar surface area (TPSA) is 140 Å². The molecule has 0 fully saturated rings. The molecule has 1 atom stereocenters.